The summed E-state index contributed by atoms with van der Waals surface area (Å²) in [7, 11) is 6.13. The second-order valence-corrected chi connectivity index (χ2v) is 4.34. The highest BCUT2D eigenvalue weighted by Crippen LogP contribution is 2.04. The van der Waals surface area contributed by atoms with Gasteiger partial charge in [0.1, 0.15) is 0 Å². The van der Waals surface area contributed by atoms with E-state index in [-0.39, 0.29) is 0 Å². The number of rotatable bonds is 6. The zero-order valence-corrected chi connectivity index (χ0v) is 9.98. The molecule has 0 fully saturated rings. The van der Waals surface area contributed by atoms with Gasteiger partial charge in [-0.15, -0.1) is 0 Å². The Labute approximate surface area is 92.1 Å². The smallest absolute Gasteiger partial charge is 0.0492 e. The van der Waals surface area contributed by atoms with Crippen molar-refractivity contribution in [2.75, 3.05) is 20.6 Å². The van der Waals surface area contributed by atoms with E-state index in [2.05, 4.69) is 30.2 Å². The summed E-state index contributed by atoms with van der Waals surface area (Å²) >= 11 is 0. The van der Waals surface area contributed by atoms with Gasteiger partial charge in [0, 0.05) is 25.0 Å². The van der Waals surface area contributed by atoms with Crippen molar-refractivity contribution < 1.29 is 0 Å². The molecule has 1 rings (SSSR count). The first kappa shape index (κ1) is 12.2. The normalized spacial score (nSPS) is 13.4. The molecule has 1 unspecified atom stereocenters. The van der Waals surface area contributed by atoms with E-state index in [1.54, 1.807) is 0 Å². The fraction of sp³-hybridized carbons (Fsp3) is 0.727. The molecule has 15 heavy (non-hydrogen) atoms. The average Bonchev–Trinajstić information content (AvgIpc) is 2.58. The van der Waals surface area contributed by atoms with Gasteiger partial charge >= 0.3 is 0 Å². The molecule has 1 aromatic rings. The third-order valence-corrected chi connectivity index (χ3v) is 2.64. The van der Waals surface area contributed by atoms with Crippen LogP contribution in [0.15, 0.2) is 12.3 Å². The van der Waals surface area contributed by atoms with Crippen molar-refractivity contribution in [2.45, 2.75) is 25.3 Å². The molecule has 0 saturated carbocycles. The molecule has 0 amide bonds. The maximum atomic E-state index is 6.03. The monoisotopic (exact) mass is 210 g/mol. The van der Waals surface area contributed by atoms with Gasteiger partial charge in [-0.05, 0) is 46.0 Å². The number of aromatic nitrogens is 2. The quantitative estimate of drug-likeness (QED) is 0.749. The number of nitrogens with zero attached hydrogens (tertiary/aromatic N) is 3. The van der Waals surface area contributed by atoms with E-state index in [4.69, 9.17) is 5.73 Å². The summed E-state index contributed by atoms with van der Waals surface area (Å²) in [5.41, 5.74) is 7.29. The Kier molecular flexibility index (Phi) is 4.78. The standard InChI is InChI=1S/C11H22N4/c1-14(2)9-7-10(12)4-5-11-6-8-13-15(11)3/h6,8,10H,4-5,7,9,12H2,1-3H3. The third-order valence-electron chi connectivity index (χ3n) is 2.64. The first-order chi connectivity index (χ1) is 7.09. The first-order valence-electron chi connectivity index (χ1n) is 5.47. The van der Waals surface area contributed by atoms with Crippen molar-refractivity contribution in [3.05, 3.63) is 18.0 Å². The Morgan fingerprint density at radius 3 is 2.73 bits per heavy atom. The Morgan fingerprint density at radius 1 is 1.47 bits per heavy atom. The van der Waals surface area contributed by atoms with Crippen LogP contribution in [0.3, 0.4) is 0 Å². The minimum atomic E-state index is 0.294. The molecule has 4 nitrogen and oxygen atoms in total. The third kappa shape index (κ3) is 4.44. The molecule has 1 atom stereocenters. The van der Waals surface area contributed by atoms with Gasteiger partial charge in [0.05, 0.1) is 0 Å². The van der Waals surface area contributed by atoms with Crippen LogP contribution in [0.4, 0.5) is 0 Å². The topological polar surface area (TPSA) is 47.1 Å². The SMILES string of the molecule is CN(C)CCC(N)CCc1ccnn1C. The molecule has 0 bridgehead atoms. The van der Waals surface area contributed by atoms with E-state index >= 15 is 0 Å². The van der Waals surface area contributed by atoms with Gasteiger partial charge in [-0.25, -0.2) is 0 Å². The fourth-order valence-corrected chi connectivity index (χ4v) is 1.55. The Morgan fingerprint density at radius 2 is 2.20 bits per heavy atom. The molecule has 0 spiro atoms. The van der Waals surface area contributed by atoms with Crippen LogP contribution in [-0.2, 0) is 13.5 Å². The van der Waals surface area contributed by atoms with E-state index in [1.807, 2.05) is 17.9 Å². The molecule has 0 saturated heterocycles. The van der Waals surface area contributed by atoms with E-state index in [1.165, 1.54) is 5.69 Å². The second kappa shape index (κ2) is 5.88. The van der Waals surface area contributed by atoms with Crippen molar-refractivity contribution in [2.24, 2.45) is 12.8 Å². The average molecular weight is 210 g/mol. The molecule has 0 aliphatic carbocycles. The van der Waals surface area contributed by atoms with Gasteiger partial charge in [-0.1, -0.05) is 0 Å². The molecule has 1 aromatic heterocycles. The summed E-state index contributed by atoms with van der Waals surface area (Å²) in [6.45, 7) is 1.06. The Bertz CT molecular complexity index is 280. The number of hydrogen-bond acceptors (Lipinski definition) is 3. The Hall–Kier alpha value is -0.870. The summed E-state index contributed by atoms with van der Waals surface area (Å²) in [5.74, 6) is 0. The molecule has 4 heteroatoms. The fourth-order valence-electron chi connectivity index (χ4n) is 1.55. The molecule has 0 aliphatic heterocycles. The number of hydrogen-bond donors (Lipinski definition) is 1. The molecule has 0 radical (unpaired) electrons. The van der Waals surface area contributed by atoms with E-state index in [0.717, 1.165) is 25.8 Å². The predicted molar refractivity (Wildman–Crippen MR) is 62.7 cm³/mol. The van der Waals surface area contributed by atoms with Gasteiger partial charge in [0.15, 0.2) is 0 Å². The van der Waals surface area contributed by atoms with Crippen LogP contribution >= 0.6 is 0 Å². The van der Waals surface area contributed by atoms with Crippen LogP contribution in [0.5, 0.6) is 0 Å². The molecule has 1 heterocycles. The molecule has 86 valence electrons. The molecule has 0 aromatic carbocycles. The van der Waals surface area contributed by atoms with Crippen LogP contribution in [0, 0.1) is 0 Å². The largest absolute Gasteiger partial charge is 0.328 e. The molecular formula is C11H22N4. The van der Waals surface area contributed by atoms with Crippen molar-refractivity contribution in [1.29, 1.82) is 0 Å². The summed E-state index contributed by atoms with van der Waals surface area (Å²) in [6, 6.07) is 2.35. The highest BCUT2D eigenvalue weighted by Gasteiger charge is 2.05. The molecular weight excluding hydrogens is 188 g/mol. The van der Waals surface area contributed by atoms with Gasteiger partial charge in [-0.3, -0.25) is 4.68 Å². The summed E-state index contributed by atoms with van der Waals surface area (Å²) in [4.78, 5) is 2.17. The lowest BCUT2D eigenvalue weighted by molar-refractivity contribution is 0.374. The van der Waals surface area contributed by atoms with E-state index in [0.29, 0.717) is 6.04 Å². The number of nitrogens with two attached hydrogens (primary N) is 1. The van der Waals surface area contributed by atoms with Crippen LogP contribution in [-0.4, -0.2) is 41.4 Å². The van der Waals surface area contributed by atoms with Crippen LogP contribution in [0.1, 0.15) is 18.5 Å². The highest BCUT2D eigenvalue weighted by molar-refractivity contribution is 5.00. The van der Waals surface area contributed by atoms with Gasteiger partial charge in [-0.2, -0.15) is 5.10 Å². The van der Waals surface area contributed by atoms with E-state index < -0.39 is 0 Å². The van der Waals surface area contributed by atoms with Gasteiger partial charge in [0.2, 0.25) is 0 Å². The number of aryl methyl sites for hydroxylation is 2. The maximum Gasteiger partial charge on any atom is 0.0492 e. The second-order valence-electron chi connectivity index (χ2n) is 4.34. The lowest BCUT2D eigenvalue weighted by Crippen LogP contribution is -2.26. The van der Waals surface area contributed by atoms with Crippen molar-refractivity contribution >= 4 is 0 Å². The van der Waals surface area contributed by atoms with Crippen LogP contribution < -0.4 is 5.73 Å². The van der Waals surface area contributed by atoms with Gasteiger partial charge < -0.3 is 10.6 Å². The van der Waals surface area contributed by atoms with Crippen LogP contribution in [0.2, 0.25) is 0 Å². The zero-order valence-electron chi connectivity index (χ0n) is 9.98. The Balaban J connectivity index is 2.22. The van der Waals surface area contributed by atoms with Crippen molar-refractivity contribution in [3.63, 3.8) is 0 Å². The lowest BCUT2D eigenvalue weighted by atomic mass is 10.1. The molecule has 0 aliphatic rings. The minimum absolute atomic E-state index is 0.294. The first-order valence-corrected chi connectivity index (χ1v) is 5.47. The minimum Gasteiger partial charge on any atom is -0.328 e. The predicted octanol–water partition coefficient (Wildman–Crippen LogP) is 0.632. The molecule has 2 N–H and O–H groups in total. The maximum absolute atomic E-state index is 6.03. The van der Waals surface area contributed by atoms with E-state index in [9.17, 15) is 0 Å². The summed E-state index contributed by atoms with van der Waals surface area (Å²) in [6.07, 6.45) is 4.95. The lowest BCUT2D eigenvalue weighted by Gasteiger charge is -2.14. The summed E-state index contributed by atoms with van der Waals surface area (Å²) < 4.78 is 1.92. The highest BCUT2D eigenvalue weighted by atomic mass is 15.2. The van der Waals surface area contributed by atoms with Crippen molar-refractivity contribution in [1.82, 2.24) is 14.7 Å². The van der Waals surface area contributed by atoms with Gasteiger partial charge in [0.25, 0.3) is 0 Å². The zero-order chi connectivity index (χ0) is 11.3. The summed E-state index contributed by atoms with van der Waals surface area (Å²) in [5, 5.41) is 4.14. The van der Waals surface area contributed by atoms with Crippen LogP contribution in [0.25, 0.3) is 0 Å². The van der Waals surface area contributed by atoms with Crippen molar-refractivity contribution in [3.8, 4) is 0 Å².